The van der Waals surface area contributed by atoms with Crippen LogP contribution < -0.4 is 5.32 Å². The lowest BCUT2D eigenvalue weighted by molar-refractivity contribution is 0.523. The molecule has 4 heteroatoms. The molecule has 1 heterocycles. The molecule has 0 amide bonds. The van der Waals surface area contributed by atoms with Gasteiger partial charge in [0.2, 0.25) is 0 Å². The van der Waals surface area contributed by atoms with Crippen molar-refractivity contribution in [3.63, 3.8) is 0 Å². The summed E-state index contributed by atoms with van der Waals surface area (Å²) in [6.45, 7) is 6.56. The first-order valence-electron chi connectivity index (χ1n) is 5.79. The standard InChI is InChI=1S/C13H17IN2S/c1-4-13(3)8-17-12(16-13)15-11-7-5-6-10(14)9(11)2/h5-7H,4,8H2,1-3H3,(H,15,16). The van der Waals surface area contributed by atoms with Crippen molar-refractivity contribution < 1.29 is 0 Å². The number of anilines is 1. The second-order valence-corrected chi connectivity index (χ2v) is 6.72. The molecule has 0 aromatic heterocycles. The molecule has 17 heavy (non-hydrogen) atoms. The number of hydrogen-bond acceptors (Lipinski definition) is 3. The molecule has 92 valence electrons. The Morgan fingerprint density at radius 2 is 2.29 bits per heavy atom. The Bertz CT molecular complexity index is 459. The lowest BCUT2D eigenvalue weighted by Gasteiger charge is -2.15. The molecule has 1 aromatic rings. The number of benzene rings is 1. The molecule has 2 nitrogen and oxygen atoms in total. The van der Waals surface area contributed by atoms with Crippen LogP contribution in [-0.2, 0) is 0 Å². The third kappa shape index (κ3) is 2.96. The van der Waals surface area contributed by atoms with E-state index in [4.69, 9.17) is 4.99 Å². The zero-order valence-electron chi connectivity index (χ0n) is 10.4. The third-order valence-corrected chi connectivity index (χ3v) is 5.56. The Hall–Kier alpha value is -0.230. The first-order chi connectivity index (χ1) is 8.04. The zero-order valence-corrected chi connectivity index (χ0v) is 13.4. The summed E-state index contributed by atoms with van der Waals surface area (Å²) >= 11 is 4.18. The first-order valence-corrected chi connectivity index (χ1v) is 7.85. The van der Waals surface area contributed by atoms with Crippen LogP contribution in [0.25, 0.3) is 0 Å². The minimum Gasteiger partial charge on any atom is -0.335 e. The first kappa shape index (κ1) is 13.2. The number of hydrogen-bond donors (Lipinski definition) is 1. The van der Waals surface area contributed by atoms with Crippen molar-refractivity contribution in [2.75, 3.05) is 11.1 Å². The number of aliphatic imine (C=N–C) groups is 1. The highest BCUT2D eigenvalue weighted by Gasteiger charge is 2.28. The largest absolute Gasteiger partial charge is 0.335 e. The van der Waals surface area contributed by atoms with Crippen LogP contribution in [0.4, 0.5) is 5.69 Å². The molecule has 0 fully saturated rings. The minimum atomic E-state index is 0.114. The molecule has 0 bridgehead atoms. The van der Waals surface area contributed by atoms with E-state index < -0.39 is 0 Å². The maximum Gasteiger partial charge on any atom is 0.161 e. The van der Waals surface area contributed by atoms with E-state index in [2.05, 4.69) is 66.9 Å². The van der Waals surface area contributed by atoms with E-state index in [0.29, 0.717) is 0 Å². The molecular weight excluding hydrogens is 343 g/mol. The van der Waals surface area contributed by atoms with E-state index in [-0.39, 0.29) is 5.54 Å². The average Bonchev–Trinajstić information content (AvgIpc) is 2.68. The topological polar surface area (TPSA) is 24.4 Å². The Labute approximate surface area is 121 Å². The Kier molecular flexibility index (Phi) is 4.02. The van der Waals surface area contributed by atoms with Crippen molar-refractivity contribution in [3.8, 4) is 0 Å². The van der Waals surface area contributed by atoms with Crippen LogP contribution in [0.3, 0.4) is 0 Å². The summed E-state index contributed by atoms with van der Waals surface area (Å²) in [6, 6.07) is 6.32. The lowest BCUT2D eigenvalue weighted by Crippen LogP contribution is -2.20. The predicted molar refractivity (Wildman–Crippen MR) is 86.1 cm³/mol. The van der Waals surface area contributed by atoms with Gasteiger partial charge in [0.25, 0.3) is 0 Å². The van der Waals surface area contributed by atoms with E-state index in [1.54, 1.807) is 0 Å². The molecule has 2 rings (SSSR count). The molecule has 0 saturated heterocycles. The molecule has 0 radical (unpaired) electrons. The van der Waals surface area contributed by atoms with Crippen molar-refractivity contribution in [1.29, 1.82) is 0 Å². The molecule has 1 N–H and O–H groups in total. The van der Waals surface area contributed by atoms with Crippen LogP contribution in [0.1, 0.15) is 25.8 Å². The third-order valence-electron chi connectivity index (χ3n) is 3.16. The second kappa shape index (κ2) is 5.18. The summed E-state index contributed by atoms with van der Waals surface area (Å²) in [5.41, 5.74) is 2.58. The zero-order chi connectivity index (χ0) is 12.5. The van der Waals surface area contributed by atoms with Gasteiger partial charge in [0.15, 0.2) is 5.17 Å². The number of rotatable bonds is 2. The van der Waals surface area contributed by atoms with Crippen LogP contribution >= 0.6 is 34.4 Å². The summed E-state index contributed by atoms with van der Waals surface area (Å²) < 4.78 is 1.29. The van der Waals surface area contributed by atoms with Gasteiger partial charge >= 0.3 is 0 Å². The van der Waals surface area contributed by atoms with Crippen molar-refractivity contribution >= 4 is 45.2 Å². The Morgan fingerprint density at radius 1 is 1.53 bits per heavy atom. The number of nitrogens with zero attached hydrogens (tertiary/aromatic N) is 1. The van der Waals surface area contributed by atoms with Gasteiger partial charge in [-0.1, -0.05) is 24.8 Å². The van der Waals surface area contributed by atoms with Gasteiger partial charge in [-0.25, -0.2) is 0 Å². The van der Waals surface area contributed by atoms with Crippen LogP contribution in [0.2, 0.25) is 0 Å². The van der Waals surface area contributed by atoms with Gasteiger partial charge in [-0.15, -0.1) is 0 Å². The van der Waals surface area contributed by atoms with Gasteiger partial charge in [-0.05, 0) is 60.6 Å². The van der Waals surface area contributed by atoms with Crippen LogP contribution in [0.5, 0.6) is 0 Å². The van der Waals surface area contributed by atoms with Crippen LogP contribution in [0.15, 0.2) is 23.2 Å². The van der Waals surface area contributed by atoms with E-state index >= 15 is 0 Å². The highest BCUT2D eigenvalue weighted by atomic mass is 127. The number of nitrogens with one attached hydrogen (secondary N) is 1. The fraction of sp³-hybridized carbons (Fsp3) is 0.462. The van der Waals surface area contributed by atoms with E-state index in [1.807, 2.05) is 11.8 Å². The van der Waals surface area contributed by atoms with Crippen molar-refractivity contribution in [2.24, 2.45) is 4.99 Å². The van der Waals surface area contributed by atoms with E-state index in [1.165, 1.54) is 14.8 Å². The number of thioether (sulfide) groups is 1. The smallest absolute Gasteiger partial charge is 0.161 e. The quantitative estimate of drug-likeness (QED) is 0.796. The molecule has 1 aliphatic rings. The Morgan fingerprint density at radius 3 is 2.94 bits per heavy atom. The summed E-state index contributed by atoms with van der Waals surface area (Å²) in [5, 5.41) is 4.50. The summed E-state index contributed by atoms with van der Waals surface area (Å²) in [5.74, 6) is 1.08. The average molecular weight is 360 g/mol. The molecular formula is C13H17IN2S. The second-order valence-electron chi connectivity index (χ2n) is 4.59. The van der Waals surface area contributed by atoms with Gasteiger partial charge in [-0.2, -0.15) is 0 Å². The molecule has 0 saturated carbocycles. The number of amidine groups is 1. The minimum absolute atomic E-state index is 0.114. The summed E-state index contributed by atoms with van der Waals surface area (Å²) in [7, 11) is 0. The van der Waals surface area contributed by atoms with Crippen LogP contribution in [-0.4, -0.2) is 16.5 Å². The van der Waals surface area contributed by atoms with E-state index in [9.17, 15) is 0 Å². The van der Waals surface area contributed by atoms with Crippen molar-refractivity contribution in [1.82, 2.24) is 0 Å². The van der Waals surface area contributed by atoms with Gasteiger partial charge in [0.05, 0.1) is 5.54 Å². The summed E-state index contributed by atoms with van der Waals surface area (Å²) in [4.78, 5) is 4.77. The molecule has 0 spiro atoms. The predicted octanol–water partition coefficient (Wildman–Crippen LogP) is 4.28. The fourth-order valence-corrected chi connectivity index (χ4v) is 3.32. The lowest BCUT2D eigenvalue weighted by atomic mass is 10.0. The maximum absolute atomic E-state index is 4.77. The Balaban J connectivity index is 2.18. The maximum atomic E-state index is 4.77. The molecule has 1 atom stereocenters. The highest BCUT2D eigenvalue weighted by Crippen LogP contribution is 2.31. The van der Waals surface area contributed by atoms with E-state index in [0.717, 1.165) is 17.3 Å². The van der Waals surface area contributed by atoms with Gasteiger partial charge in [0.1, 0.15) is 0 Å². The van der Waals surface area contributed by atoms with Gasteiger partial charge in [0, 0.05) is 15.0 Å². The summed E-state index contributed by atoms with van der Waals surface area (Å²) in [6.07, 6.45) is 1.09. The molecule has 1 unspecified atom stereocenters. The monoisotopic (exact) mass is 360 g/mol. The fourth-order valence-electron chi connectivity index (χ4n) is 1.64. The van der Waals surface area contributed by atoms with Crippen LogP contribution in [0, 0.1) is 10.5 Å². The molecule has 1 aliphatic heterocycles. The highest BCUT2D eigenvalue weighted by molar-refractivity contribution is 14.1. The SMILES string of the molecule is CCC1(C)CSC(Nc2cccc(I)c2C)=N1. The van der Waals surface area contributed by atoms with Crippen molar-refractivity contribution in [3.05, 3.63) is 27.3 Å². The van der Waals surface area contributed by atoms with Gasteiger partial charge < -0.3 is 5.32 Å². The molecule has 0 aliphatic carbocycles. The molecule has 1 aromatic carbocycles. The normalized spacial score (nSPS) is 23.6. The number of halogens is 1. The van der Waals surface area contributed by atoms with Gasteiger partial charge in [-0.3, -0.25) is 4.99 Å². The van der Waals surface area contributed by atoms with Crippen molar-refractivity contribution in [2.45, 2.75) is 32.7 Å².